The molecule has 9 nitrogen and oxygen atoms in total. The lowest BCUT2D eigenvalue weighted by Gasteiger charge is -2.32. The number of hydrogen-bond donors (Lipinski definition) is 3. The number of aromatic nitrogens is 3. The second-order valence-corrected chi connectivity index (χ2v) is 6.84. The molecule has 1 aromatic heterocycles. The van der Waals surface area contributed by atoms with Gasteiger partial charge >= 0.3 is 5.69 Å². The second-order valence-electron chi connectivity index (χ2n) is 6.84. The number of ether oxygens (including phenoxy) is 1. The minimum atomic E-state index is -0.361. The van der Waals surface area contributed by atoms with E-state index in [0.29, 0.717) is 44.7 Å². The number of H-pyrrole nitrogens is 2. The van der Waals surface area contributed by atoms with E-state index in [4.69, 9.17) is 4.74 Å². The lowest BCUT2D eigenvalue weighted by Crippen LogP contribution is -2.46. The molecule has 150 valence electrons. The summed E-state index contributed by atoms with van der Waals surface area (Å²) in [4.78, 5) is 39.9. The Hall–Kier alpha value is -3.10. The van der Waals surface area contributed by atoms with E-state index in [1.165, 1.54) is 0 Å². The minimum absolute atomic E-state index is 0.0696. The molecule has 2 aromatic rings. The van der Waals surface area contributed by atoms with Gasteiger partial charge in [-0.05, 0) is 30.5 Å². The van der Waals surface area contributed by atoms with E-state index in [1.807, 2.05) is 24.3 Å². The monoisotopic (exact) mass is 387 g/mol. The van der Waals surface area contributed by atoms with Crippen LogP contribution in [0.1, 0.15) is 24.2 Å². The number of nitrogens with zero attached hydrogens (tertiary/aromatic N) is 2. The summed E-state index contributed by atoms with van der Waals surface area (Å²) in [5.41, 5.74) is 0.757. The van der Waals surface area contributed by atoms with Gasteiger partial charge in [0.05, 0.1) is 13.0 Å². The molecule has 1 aliphatic rings. The van der Waals surface area contributed by atoms with Crippen LogP contribution in [0, 0.1) is 5.92 Å². The van der Waals surface area contributed by atoms with E-state index in [-0.39, 0.29) is 23.4 Å². The number of methoxy groups -OCH3 is 1. The van der Waals surface area contributed by atoms with Crippen molar-refractivity contribution in [1.29, 1.82) is 0 Å². The number of likely N-dealkylation sites (tertiary alicyclic amines) is 1. The fourth-order valence-electron chi connectivity index (χ4n) is 3.27. The standard InChI is InChI=1S/C19H25N5O4/c1-28-15-5-2-13(3-6-15)9-11-24-12-14(4-7-17(24)25)18(26)20-10-8-16-21-19(27)23-22-16/h2-3,5-6,14H,4,7-12H2,1H3,(H,20,26)(H2,21,22,23,27)/t14-/m0/s1. The van der Waals surface area contributed by atoms with Crippen LogP contribution in [0.15, 0.2) is 29.1 Å². The number of aromatic amines is 2. The zero-order valence-corrected chi connectivity index (χ0v) is 15.9. The Kier molecular flexibility index (Phi) is 6.46. The van der Waals surface area contributed by atoms with E-state index in [1.54, 1.807) is 12.0 Å². The van der Waals surface area contributed by atoms with Crippen LogP contribution in [0.5, 0.6) is 5.75 Å². The molecule has 1 fully saturated rings. The highest BCUT2D eigenvalue weighted by Crippen LogP contribution is 2.19. The summed E-state index contributed by atoms with van der Waals surface area (Å²) in [5.74, 6) is 1.11. The zero-order valence-electron chi connectivity index (χ0n) is 15.9. The van der Waals surface area contributed by atoms with Crippen LogP contribution in [0.4, 0.5) is 0 Å². The molecule has 0 bridgehead atoms. The van der Waals surface area contributed by atoms with Crippen LogP contribution in [0.25, 0.3) is 0 Å². The Bertz CT molecular complexity index is 858. The van der Waals surface area contributed by atoms with Crippen LogP contribution in [0.2, 0.25) is 0 Å². The molecule has 0 aliphatic carbocycles. The Morgan fingerprint density at radius 1 is 1.29 bits per heavy atom. The third kappa shape index (κ3) is 5.21. The fourth-order valence-corrected chi connectivity index (χ4v) is 3.27. The molecule has 1 aromatic carbocycles. The number of rotatable bonds is 8. The van der Waals surface area contributed by atoms with Crippen LogP contribution >= 0.6 is 0 Å². The van der Waals surface area contributed by atoms with E-state index in [9.17, 15) is 14.4 Å². The molecule has 1 atom stereocenters. The fraction of sp³-hybridized carbons (Fsp3) is 0.474. The minimum Gasteiger partial charge on any atom is -0.497 e. The SMILES string of the molecule is COc1ccc(CCN2C[C@@H](C(=O)NCCc3n[nH]c(=O)[nH]3)CCC2=O)cc1. The van der Waals surface area contributed by atoms with Crippen molar-refractivity contribution in [2.24, 2.45) is 5.92 Å². The normalized spacial score (nSPS) is 16.8. The van der Waals surface area contributed by atoms with Crippen LogP contribution in [-0.4, -0.2) is 58.6 Å². The number of carbonyl (C=O) groups excluding carboxylic acids is 2. The van der Waals surface area contributed by atoms with Crippen LogP contribution in [-0.2, 0) is 22.4 Å². The maximum absolute atomic E-state index is 12.4. The van der Waals surface area contributed by atoms with Gasteiger partial charge in [-0.25, -0.2) is 9.89 Å². The molecule has 2 heterocycles. The van der Waals surface area contributed by atoms with Crippen molar-refractivity contribution in [1.82, 2.24) is 25.4 Å². The molecule has 1 saturated heterocycles. The predicted molar refractivity (Wildman–Crippen MR) is 102 cm³/mol. The van der Waals surface area contributed by atoms with Gasteiger partial charge in [0.2, 0.25) is 11.8 Å². The number of nitrogens with one attached hydrogen (secondary N) is 3. The molecule has 2 amide bonds. The molecule has 9 heteroatoms. The van der Waals surface area contributed by atoms with Crippen molar-refractivity contribution >= 4 is 11.8 Å². The van der Waals surface area contributed by atoms with Gasteiger partial charge < -0.3 is 15.0 Å². The van der Waals surface area contributed by atoms with Gasteiger partial charge in [-0.1, -0.05) is 12.1 Å². The number of benzene rings is 1. The number of carbonyl (C=O) groups is 2. The Morgan fingerprint density at radius 3 is 2.75 bits per heavy atom. The first-order chi connectivity index (χ1) is 13.5. The molecule has 0 unspecified atom stereocenters. The van der Waals surface area contributed by atoms with Crippen molar-refractivity contribution in [3.05, 3.63) is 46.1 Å². The van der Waals surface area contributed by atoms with Crippen molar-refractivity contribution in [3.63, 3.8) is 0 Å². The molecular weight excluding hydrogens is 362 g/mol. The molecule has 3 N–H and O–H groups in total. The van der Waals surface area contributed by atoms with Crippen molar-refractivity contribution < 1.29 is 14.3 Å². The van der Waals surface area contributed by atoms with Gasteiger partial charge in [0.15, 0.2) is 0 Å². The third-order valence-corrected chi connectivity index (χ3v) is 4.91. The largest absolute Gasteiger partial charge is 0.497 e. The molecular formula is C19H25N5O4. The summed E-state index contributed by atoms with van der Waals surface area (Å²) in [6, 6.07) is 7.76. The van der Waals surface area contributed by atoms with Crippen molar-refractivity contribution in [2.45, 2.75) is 25.7 Å². The van der Waals surface area contributed by atoms with Gasteiger partial charge in [0.25, 0.3) is 0 Å². The first kappa shape index (κ1) is 19.7. The lowest BCUT2D eigenvalue weighted by molar-refractivity contribution is -0.138. The highest BCUT2D eigenvalue weighted by atomic mass is 16.5. The van der Waals surface area contributed by atoms with Gasteiger partial charge in [-0.3, -0.25) is 14.6 Å². The molecule has 0 radical (unpaired) electrons. The molecule has 0 saturated carbocycles. The van der Waals surface area contributed by atoms with Gasteiger partial charge in [0, 0.05) is 32.5 Å². The smallest absolute Gasteiger partial charge is 0.340 e. The highest BCUT2D eigenvalue weighted by molar-refractivity contribution is 5.83. The van der Waals surface area contributed by atoms with Crippen molar-refractivity contribution in [2.75, 3.05) is 26.7 Å². The summed E-state index contributed by atoms with van der Waals surface area (Å²) < 4.78 is 5.15. The summed E-state index contributed by atoms with van der Waals surface area (Å²) in [6.07, 6.45) is 2.12. The number of piperidine rings is 1. The quantitative estimate of drug-likeness (QED) is 0.600. The summed E-state index contributed by atoms with van der Waals surface area (Å²) in [5, 5.41) is 8.96. The van der Waals surface area contributed by atoms with E-state index in [0.717, 1.165) is 17.7 Å². The van der Waals surface area contributed by atoms with Gasteiger partial charge in [-0.15, -0.1) is 0 Å². The summed E-state index contributed by atoms with van der Waals surface area (Å²) >= 11 is 0. The first-order valence-corrected chi connectivity index (χ1v) is 9.37. The van der Waals surface area contributed by atoms with E-state index >= 15 is 0 Å². The Labute approximate surface area is 162 Å². The molecule has 3 rings (SSSR count). The Balaban J connectivity index is 1.46. The van der Waals surface area contributed by atoms with E-state index < -0.39 is 0 Å². The number of amides is 2. The van der Waals surface area contributed by atoms with Gasteiger partial charge in [0.1, 0.15) is 11.6 Å². The first-order valence-electron chi connectivity index (χ1n) is 9.37. The molecule has 28 heavy (non-hydrogen) atoms. The van der Waals surface area contributed by atoms with Gasteiger partial charge in [-0.2, -0.15) is 5.10 Å². The van der Waals surface area contributed by atoms with Crippen LogP contribution in [0.3, 0.4) is 0 Å². The topological polar surface area (TPSA) is 120 Å². The molecule has 1 aliphatic heterocycles. The lowest BCUT2D eigenvalue weighted by atomic mass is 9.96. The maximum Gasteiger partial charge on any atom is 0.340 e. The number of hydrogen-bond acceptors (Lipinski definition) is 5. The van der Waals surface area contributed by atoms with E-state index in [2.05, 4.69) is 20.5 Å². The van der Waals surface area contributed by atoms with Crippen molar-refractivity contribution in [3.8, 4) is 5.75 Å². The maximum atomic E-state index is 12.4. The third-order valence-electron chi connectivity index (χ3n) is 4.91. The molecule has 0 spiro atoms. The zero-order chi connectivity index (χ0) is 19.9. The summed E-state index contributed by atoms with van der Waals surface area (Å²) in [6.45, 7) is 1.40. The predicted octanol–water partition coefficient (Wildman–Crippen LogP) is 0.247. The highest BCUT2D eigenvalue weighted by Gasteiger charge is 2.29. The second kappa shape index (κ2) is 9.20. The summed E-state index contributed by atoms with van der Waals surface area (Å²) in [7, 11) is 1.63. The average molecular weight is 387 g/mol. The van der Waals surface area contributed by atoms with Crippen LogP contribution < -0.4 is 15.7 Å². The average Bonchev–Trinajstić information content (AvgIpc) is 3.12. The Morgan fingerprint density at radius 2 is 2.07 bits per heavy atom.